The van der Waals surface area contributed by atoms with E-state index in [1.807, 2.05) is 0 Å². The molecule has 0 aromatic heterocycles. The average molecular weight is 488 g/mol. The number of halogens is 2. The first kappa shape index (κ1) is 17.7. The minimum atomic E-state index is 1.08. The molecule has 0 bridgehead atoms. The van der Waals surface area contributed by atoms with E-state index in [1.54, 1.807) is 0 Å². The minimum absolute atomic E-state index is 1.08. The quantitative estimate of drug-likeness (QED) is 0.218. The molecule has 134 valence electrons. The summed E-state index contributed by atoms with van der Waals surface area (Å²) < 4.78 is 2.17. The van der Waals surface area contributed by atoms with Crippen molar-refractivity contribution in [3.8, 4) is 22.3 Å². The van der Waals surface area contributed by atoms with Crippen LogP contribution < -0.4 is 0 Å². The standard InChI is InChI=1S/C26H16Br2/c27-25-23(17-9-3-1-4-10-17)21-15-19-13-7-8-14-20(19)16-22(21)24(26(25)28)18-11-5-2-6-12-18/h1-16H. The second-order valence-corrected chi connectivity index (χ2v) is 8.44. The van der Waals surface area contributed by atoms with Crippen LogP contribution in [0.2, 0.25) is 0 Å². The summed E-state index contributed by atoms with van der Waals surface area (Å²) in [5, 5.41) is 5.00. The second-order valence-electron chi connectivity index (χ2n) is 6.85. The van der Waals surface area contributed by atoms with Crippen molar-refractivity contribution in [2.45, 2.75) is 0 Å². The zero-order valence-corrected chi connectivity index (χ0v) is 18.2. The maximum absolute atomic E-state index is 3.90. The Bertz CT molecular complexity index is 1200. The van der Waals surface area contributed by atoms with Crippen LogP contribution in [0.1, 0.15) is 0 Å². The van der Waals surface area contributed by atoms with E-state index in [4.69, 9.17) is 0 Å². The highest BCUT2D eigenvalue weighted by molar-refractivity contribution is 9.13. The molecular formula is C26H16Br2. The van der Waals surface area contributed by atoms with Gasteiger partial charge in [0, 0.05) is 20.1 Å². The maximum Gasteiger partial charge on any atom is 0.0408 e. The summed E-state index contributed by atoms with van der Waals surface area (Å²) in [5.74, 6) is 0. The second kappa shape index (κ2) is 7.20. The Morgan fingerprint density at radius 3 is 1.18 bits per heavy atom. The number of hydrogen-bond donors (Lipinski definition) is 0. The third kappa shape index (κ3) is 2.88. The van der Waals surface area contributed by atoms with Crippen molar-refractivity contribution in [2.24, 2.45) is 0 Å². The molecule has 0 N–H and O–H groups in total. The lowest BCUT2D eigenvalue weighted by Gasteiger charge is -2.18. The Morgan fingerprint density at radius 1 is 0.429 bits per heavy atom. The van der Waals surface area contributed by atoms with E-state index in [1.165, 1.54) is 43.8 Å². The lowest BCUT2D eigenvalue weighted by atomic mass is 9.90. The van der Waals surface area contributed by atoms with Crippen molar-refractivity contribution >= 4 is 53.4 Å². The summed E-state index contributed by atoms with van der Waals surface area (Å²) in [4.78, 5) is 0. The first-order chi connectivity index (χ1) is 13.7. The Hall–Kier alpha value is -2.42. The largest absolute Gasteiger partial charge is 0.0622 e. The molecule has 0 atom stereocenters. The highest BCUT2D eigenvalue weighted by atomic mass is 79.9. The summed E-state index contributed by atoms with van der Waals surface area (Å²) in [7, 11) is 0. The summed E-state index contributed by atoms with van der Waals surface area (Å²) in [6, 6.07) is 34.4. The van der Waals surface area contributed by atoms with Crippen LogP contribution >= 0.6 is 31.9 Å². The van der Waals surface area contributed by atoms with Crippen molar-refractivity contribution in [3.05, 3.63) is 106 Å². The number of fused-ring (bicyclic) bond motifs is 2. The van der Waals surface area contributed by atoms with Gasteiger partial charge in [-0.2, -0.15) is 0 Å². The van der Waals surface area contributed by atoms with E-state index in [-0.39, 0.29) is 0 Å². The van der Waals surface area contributed by atoms with E-state index >= 15 is 0 Å². The molecule has 0 fully saturated rings. The highest BCUT2D eigenvalue weighted by Crippen LogP contribution is 2.47. The Balaban J connectivity index is 1.99. The molecule has 0 nitrogen and oxygen atoms in total. The van der Waals surface area contributed by atoms with Crippen molar-refractivity contribution in [1.29, 1.82) is 0 Å². The molecule has 0 spiro atoms. The van der Waals surface area contributed by atoms with E-state index in [2.05, 4.69) is 129 Å². The van der Waals surface area contributed by atoms with Gasteiger partial charge in [-0.3, -0.25) is 0 Å². The van der Waals surface area contributed by atoms with Crippen LogP contribution in [0.3, 0.4) is 0 Å². The monoisotopic (exact) mass is 486 g/mol. The van der Waals surface area contributed by atoms with Crippen LogP contribution in [0.25, 0.3) is 43.8 Å². The van der Waals surface area contributed by atoms with Gasteiger partial charge in [0.05, 0.1) is 0 Å². The molecule has 2 heteroatoms. The fourth-order valence-electron chi connectivity index (χ4n) is 3.88. The molecular weight excluding hydrogens is 472 g/mol. The van der Waals surface area contributed by atoms with Gasteiger partial charge >= 0.3 is 0 Å². The van der Waals surface area contributed by atoms with Gasteiger partial charge < -0.3 is 0 Å². The number of hydrogen-bond acceptors (Lipinski definition) is 0. The molecule has 5 aromatic carbocycles. The maximum atomic E-state index is 3.90. The highest BCUT2D eigenvalue weighted by Gasteiger charge is 2.19. The zero-order chi connectivity index (χ0) is 19.1. The van der Waals surface area contributed by atoms with Gasteiger partial charge in [0.25, 0.3) is 0 Å². The molecule has 0 aliphatic heterocycles. The molecule has 5 aromatic rings. The first-order valence-electron chi connectivity index (χ1n) is 9.18. The van der Waals surface area contributed by atoms with E-state index in [0.717, 1.165) is 8.95 Å². The van der Waals surface area contributed by atoms with Crippen LogP contribution in [0, 0.1) is 0 Å². The van der Waals surface area contributed by atoms with Crippen LogP contribution in [0.4, 0.5) is 0 Å². The fourth-order valence-corrected chi connectivity index (χ4v) is 5.17. The Kier molecular flexibility index (Phi) is 4.54. The van der Waals surface area contributed by atoms with Crippen LogP contribution in [0.15, 0.2) is 106 Å². The number of benzene rings is 5. The minimum Gasteiger partial charge on any atom is -0.0622 e. The van der Waals surface area contributed by atoms with E-state index in [0.29, 0.717) is 0 Å². The van der Waals surface area contributed by atoms with Gasteiger partial charge in [-0.05, 0) is 76.7 Å². The van der Waals surface area contributed by atoms with E-state index < -0.39 is 0 Å². The third-order valence-corrected chi connectivity index (χ3v) is 7.30. The third-order valence-electron chi connectivity index (χ3n) is 5.18. The van der Waals surface area contributed by atoms with Gasteiger partial charge in [-0.15, -0.1) is 0 Å². The van der Waals surface area contributed by atoms with Gasteiger partial charge in [0.1, 0.15) is 0 Å². The normalized spacial score (nSPS) is 11.2. The summed E-state index contributed by atoms with van der Waals surface area (Å²) in [5.41, 5.74) is 4.84. The summed E-state index contributed by atoms with van der Waals surface area (Å²) in [6.45, 7) is 0. The molecule has 0 aliphatic carbocycles. The van der Waals surface area contributed by atoms with Gasteiger partial charge in [0.15, 0.2) is 0 Å². The smallest absolute Gasteiger partial charge is 0.0408 e. The predicted molar refractivity (Wildman–Crippen MR) is 128 cm³/mol. The first-order valence-corrected chi connectivity index (χ1v) is 10.8. The fraction of sp³-hybridized carbons (Fsp3) is 0. The van der Waals surface area contributed by atoms with Crippen LogP contribution in [0.5, 0.6) is 0 Å². The van der Waals surface area contributed by atoms with Gasteiger partial charge in [0.2, 0.25) is 0 Å². The molecule has 5 rings (SSSR count). The average Bonchev–Trinajstić information content (AvgIpc) is 2.75. The van der Waals surface area contributed by atoms with Crippen LogP contribution in [-0.4, -0.2) is 0 Å². The Labute approximate surface area is 181 Å². The lowest BCUT2D eigenvalue weighted by Crippen LogP contribution is -1.91. The van der Waals surface area contributed by atoms with Gasteiger partial charge in [-0.1, -0.05) is 84.9 Å². The molecule has 0 amide bonds. The number of rotatable bonds is 2. The predicted octanol–water partition coefficient (Wildman–Crippen LogP) is 8.85. The zero-order valence-electron chi connectivity index (χ0n) is 15.0. The van der Waals surface area contributed by atoms with Crippen LogP contribution in [-0.2, 0) is 0 Å². The molecule has 0 unspecified atom stereocenters. The topological polar surface area (TPSA) is 0 Å². The van der Waals surface area contributed by atoms with Gasteiger partial charge in [-0.25, -0.2) is 0 Å². The van der Waals surface area contributed by atoms with Crippen molar-refractivity contribution in [3.63, 3.8) is 0 Å². The molecule has 0 saturated carbocycles. The lowest BCUT2D eigenvalue weighted by molar-refractivity contribution is 1.57. The van der Waals surface area contributed by atoms with Crippen molar-refractivity contribution in [2.75, 3.05) is 0 Å². The Morgan fingerprint density at radius 2 is 0.786 bits per heavy atom. The van der Waals surface area contributed by atoms with Crippen molar-refractivity contribution < 1.29 is 0 Å². The molecule has 28 heavy (non-hydrogen) atoms. The SMILES string of the molecule is Brc1c(Br)c(-c2ccccc2)c2cc3ccccc3cc2c1-c1ccccc1. The molecule has 0 aliphatic rings. The summed E-state index contributed by atoms with van der Waals surface area (Å²) in [6.07, 6.45) is 0. The van der Waals surface area contributed by atoms with E-state index in [9.17, 15) is 0 Å². The van der Waals surface area contributed by atoms with Crippen molar-refractivity contribution in [1.82, 2.24) is 0 Å². The summed E-state index contributed by atoms with van der Waals surface area (Å²) >= 11 is 7.81. The molecule has 0 saturated heterocycles. The molecule has 0 heterocycles. The molecule has 0 radical (unpaired) electrons.